The lowest BCUT2D eigenvalue weighted by Crippen LogP contribution is -2.04. The van der Waals surface area contributed by atoms with Crippen molar-refractivity contribution in [3.63, 3.8) is 0 Å². The van der Waals surface area contributed by atoms with Gasteiger partial charge in [-0.3, -0.25) is 0 Å². The summed E-state index contributed by atoms with van der Waals surface area (Å²) in [6, 6.07) is 0. The smallest absolute Gasteiger partial charge is 0.134 e. The zero-order valence-electron chi connectivity index (χ0n) is 10.7. The maximum Gasteiger partial charge on any atom is 0.134 e. The molecule has 0 unspecified atom stereocenters. The Labute approximate surface area is 103 Å². The molecule has 3 heteroatoms. The van der Waals surface area contributed by atoms with Crippen LogP contribution in [0.2, 0.25) is 0 Å². The molecule has 0 amide bonds. The first-order valence-corrected chi connectivity index (χ1v) is 6.43. The number of aryl methyl sites for hydroxylation is 1. The average molecular weight is 231 g/mol. The molecule has 2 N–H and O–H groups in total. The lowest BCUT2D eigenvalue weighted by Gasteiger charge is -2.14. The van der Waals surface area contributed by atoms with Gasteiger partial charge in [0.15, 0.2) is 0 Å². The first kappa shape index (κ1) is 12.1. The molecule has 0 bridgehead atoms. The molecule has 0 radical (unpaired) electrons. The van der Waals surface area contributed by atoms with Gasteiger partial charge in [0.05, 0.1) is 5.69 Å². The maximum atomic E-state index is 5.86. The standard InChI is InChI=1S/C14H21N3/c1-10(12-5-3-4-6-12)7-8-13-11(2)16-9-17-14(13)15/h7-10,12H,3-6H2,1-2H3,(H2,15,16,17)/b8-7-/t10-/m1/s1. The molecule has 1 aliphatic rings. The summed E-state index contributed by atoms with van der Waals surface area (Å²) in [5.41, 5.74) is 7.78. The molecule has 92 valence electrons. The van der Waals surface area contributed by atoms with Crippen LogP contribution >= 0.6 is 0 Å². The molecular weight excluding hydrogens is 210 g/mol. The number of nitrogens with zero attached hydrogens (tertiary/aromatic N) is 2. The minimum atomic E-state index is 0.576. The van der Waals surface area contributed by atoms with Gasteiger partial charge in [-0.1, -0.05) is 31.9 Å². The van der Waals surface area contributed by atoms with Gasteiger partial charge in [0, 0.05) is 5.56 Å². The fourth-order valence-electron chi connectivity index (χ4n) is 2.60. The Morgan fingerprint density at radius 3 is 2.71 bits per heavy atom. The highest BCUT2D eigenvalue weighted by molar-refractivity contribution is 5.62. The van der Waals surface area contributed by atoms with Crippen molar-refractivity contribution < 1.29 is 0 Å². The SMILES string of the molecule is Cc1ncnc(N)c1/C=C\[C@@H](C)C1CCCC1. The highest BCUT2D eigenvalue weighted by atomic mass is 14.9. The van der Waals surface area contributed by atoms with Crippen molar-refractivity contribution >= 4 is 11.9 Å². The molecule has 1 heterocycles. The normalized spacial score (nSPS) is 18.9. The number of anilines is 1. The molecular formula is C14H21N3. The molecule has 1 aliphatic carbocycles. The molecule has 0 aromatic carbocycles. The van der Waals surface area contributed by atoms with Gasteiger partial charge in [0.2, 0.25) is 0 Å². The number of rotatable bonds is 3. The number of nitrogens with two attached hydrogens (primary N) is 1. The van der Waals surface area contributed by atoms with E-state index in [1.165, 1.54) is 32.0 Å². The zero-order chi connectivity index (χ0) is 12.3. The predicted octanol–water partition coefficient (Wildman–Crippen LogP) is 3.21. The number of hydrogen-bond donors (Lipinski definition) is 1. The first-order chi connectivity index (χ1) is 8.18. The molecule has 1 aromatic rings. The van der Waals surface area contributed by atoms with E-state index >= 15 is 0 Å². The van der Waals surface area contributed by atoms with Crippen LogP contribution in [-0.2, 0) is 0 Å². The van der Waals surface area contributed by atoms with Crippen LogP contribution in [-0.4, -0.2) is 9.97 Å². The van der Waals surface area contributed by atoms with Crippen LogP contribution in [0.15, 0.2) is 12.4 Å². The van der Waals surface area contributed by atoms with E-state index in [-0.39, 0.29) is 0 Å². The van der Waals surface area contributed by atoms with Gasteiger partial charge in [-0.05, 0) is 31.6 Å². The van der Waals surface area contributed by atoms with Gasteiger partial charge in [0.25, 0.3) is 0 Å². The van der Waals surface area contributed by atoms with Crippen LogP contribution in [0.3, 0.4) is 0 Å². The Bertz CT molecular complexity index is 386. The molecule has 1 atom stereocenters. The molecule has 2 rings (SSSR count). The number of nitrogen functional groups attached to an aromatic ring is 1. The predicted molar refractivity (Wildman–Crippen MR) is 71.3 cm³/mol. The first-order valence-electron chi connectivity index (χ1n) is 6.43. The molecule has 0 aliphatic heterocycles. The number of aromatic nitrogens is 2. The summed E-state index contributed by atoms with van der Waals surface area (Å²) in [5.74, 6) is 2.04. The lowest BCUT2D eigenvalue weighted by atomic mass is 9.92. The summed E-state index contributed by atoms with van der Waals surface area (Å²) in [4.78, 5) is 8.20. The minimum absolute atomic E-state index is 0.576. The van der Waals surface area contributed by atoms with E-state index in [0.717, 1.165) is 17.2 Å². The van der Waals surface area contributed by atoms with E-state index in [9.17, 15) is 0 Å². The average Bonchev–Trinajstić information content (AvgIpc) is 2.81. The largest absolute Gasteiger partial charge is 0.383 e. The fraction of sp³-hybridized carbons (Fsp3) is 0.571. The summed E-state index contributed by atoms with van der Waals surface area (Å²) in [6.45, 7) is 4.26. The molecule has 3 nitrogen and oxygen atoms in total. The third-order valence-electron chi connectivity index (χ3n) is 3.82. The van der Waals surface area contributed by atoms with Crippen molar-refractivity contribution in [1.29, 1.82) is 0 Å². The Kier molecular flexibility index (Phi) is 3.77. The molecule has 1 fully saturated rings. The van der Waals surface area contributed by atoms with E-state index in [1.54, 1.807) is 0 Å². The Morgan fingerprint density at radius 2 is 2.06 bits per heavy atom. The Morgan fingerprint density at radius 1 is 1.35 bits per heavy atom. The number of hydrogen-bond acceptors (Lipinski definition) is 3. The van der Waals surface area contributed by atoms with E-state index in [4.69, 9.17) is 5.73 Å². The van der Waals surface area contributed by atoms with Crippen LogP contribution < -0.4 is 5.73 Å². The van der Waals surface area contributed by atoms with Crippen molar-refractivity contribution in [2.75, 3.05) is 5.73 Å². The highest BCUT2D eigenvalue weighted by Gasteiger charge is 2.19. The molecule has 0 spiro atoms. The number of allylic oxidation sites excluding steroid dienone is 1. The van der Waals surface area contributed by atoms with Crippen molar-refractivity contribution in [2.24, 2.45) is 11.8 Å². The summed E-state index contributed by atoms with van der Waals surface area (Å²) in [5, 5.41) is 0. The Hall–Kier alpha value is -1.38. The van der Waals surface area contributed by atoms with Gasteiger partial charge < -0.3 is 5.73 Å². The summed E-state index contributed by atoms with van der Waals surface area (Å²) in [6.07, 6.45) is 11.4. The quantitative estimate of drug-likeness (QED) is 0.869. The maximum absolute atomic E-state index is 5.86. The lowest BCUT2D eigenvalue weighted by molar-refractivity contribution is 0.435. The van der Waals surface area contributed by atoms with E-state index in [1.807, 2.05) is 6.92 Å². The van der Waals surface area contributed by atoms with Crippen LogP contribution in [0, 0.1) is 18.8 Å². The van der Waals surface area contributed by atoms with E-state index in [0.29, 0.717) is 11.7 Å². The summed E-state index contributed by atoms with van der Waals surface area (Å²) >= 11 is 0. The second-order valence-electron chi connectivity index (χ2n) is 5.02. The summed E-state index contributed by atoms with van der Waals surface area (Å²) < 4.78 is 0. The van der Waals surface area contributed by atoms with Crippen molar-refractivity contribution in [3.8, 4) is 0 Å². The third-order valence-corrected chi connectivity index (χ3v) is 3.82. The highest BCUT2D eigenvalue weighted by Crippen LogP contribution is 2.32. The summed E-state index contributed by atoms with van der Waals surface area (Å²) in [7, 11) is 0. The molecule has 17 heavy (non-hydrogen) atoms. The molecule has 1 aromatic heterocycles. The van der Waals surface area contributed by atoms with Gasteiger partial charge in [0.1, 0.15) is 12.1 Å². The Balaban J connectivity index is 2.09. The van der Waals surface area contributed by atoms with Crippen LogP contribution in [0.25, 0.3) is 6.08 Å². The van der Waals surface area contributed by atoms with Crippen molar-refractivity contribution in [2.45, 2.75) is 39.5 Å². The molecule has 0 saturated heterocycles. The van der Waals surface area contributed by atoms with Crippen LogP contribution in [0.1, 0.15) is 43.9 Å². The molecule has 1 saturated carbocycles. The van der Waals surface area contributed by atoms with E-state index in [2.05, 4.69) is 29.0 Å². The van der Waals surface area contributed by atoms with Gasteiger partial charge in [-0.25, -0.2) is 9.97 Å². The van der Waals surface area contributed by atoms with Crippen LogP contribution in [0.5, 0.6) is 0 Å². The van der Waals surface area contributed by atoms with Gasteiger partial charge >= 0.3 is 0 Å². The third kappa shape index (κ3) is 2.84. The van der Waals surface area contributed by atoms with E-state index < -0.39 is 0 Å². The minimum Gasteiger partial charge on any atom is -0.383 e. The monoisotopic (exact) mass is 231 g/mol. The van der Waals surface area contributed by atoms with Gasteiger partial charge in [-0.2, -0.15) is 0 Å². The zero-order valence-corrected chi connectivity index (χ0v) is 10.7. The fourth-order valence-corrected chi connectivity index (χ4v) is 2.60. The van der Waals surface area contributed by atoms with Crippen LogP contribution in [0.4, 0.5) is 5.82 Å². The second-order valence-corrected chi connectivity index (χ2v) is 5.02. The second kappa shape index (κ2) is 5.30. The van der Waals surface area contributed by atoms with Crippen molar-refractivity contribution in [3.05, 3.63) is 23.7 Å². The topological polar surface area (TPSA) is 51.8 Å². The van der Waals surface area contributed by atoms with Gasteiger partial charge in [-0.15, -0.1) is 0 Å². The van der Waals surface area contributed by atoms with Crippen molar-refractivity contribution in [1.82, 2.24) is 9.97 Å².